The molecule has 0 spiro atoms. The molecule has 1 aromatic rings. The molecule has 0 bridgehead atoms. The molecule has 0 radical (unpaired) electrons. The highest BCUT2D eigenvalue weighted by atomic mass is 16.5. The van der Waals surface area contributed by atoms with E-state index in [1.165, 1.54) is 0 Å². The van der Waals surface area contributed by atoms with Gasteiger partial charge >= 0.3 is 6.01 Å². The van der Waals surface area contributed by atoms with Crippen molar-refractivity contribution in [3.63, 3.8) is 0 Å². The third kappa shape index (κ3) is 3.47. The normalized spacial score (nSPS) is 22.9. The summed E-state index contributed by atoms with van der Waals surface area (Å²) in [6, 6.07) is 0.293. The van der Waals surface area contributed by atoms with Crippen molar-refractivity contribution in [1.82, 2.24) is 15.0 Å². The summed E-state index contributed by atoms with van der Waals surface area (Å²) in [5.74, 6) is 1.29. The Balaban J connectivity index is 2.13. The Labute approximate surface area is 119 Å². The van der Waals surface area contributed by atoms with Crippen LogP contribution in [-0.2, 0) is 4.74 Å². The number of anilines is 2. The molecular formula is C13H23N5O2. The van der Waals surface area contributed by atoms with Crippen molar-refractivity contribution in [3.8, 4) is 6.01 Å². The van der Waals surface area contributed by atoms with Crippen molar-refractivity contribution in [2.75, 3.05) is 37.4 Å². The largest absolute Gasteiger partial charge is 0.463 e. The summed E-state index contributed by atoms with van der Waals surface area (Å²) in [6.07, 6.45) is 2.12. The minimum absolute atomic E-state index is 0.182. The zero-order chi connectivity index (χ0) is 14.5. The molecule has 2 heterocycles. The van der Waals surface area contributed by atoms with Crippen LogP contribution < -0.4 is 15.4 Å². The van der Waals surface area contributed by atoms with Gasteiger partial charge < -0.3 is 20.1 Å². The van der Waals surface area contributed by atoms with Crippen LogP contribution in [0.1, 0.15) is 26.7 Å². The predicted octanol–water partition coefficient (Wildman–Crippen LogP) is 1.10. The Bertz CT molecular complexity index is 443. The third-order valence-corrected chi connectivity index (χ3v) is 3.53. The second kappa shape index (κ2) is 6.69. The lowest BCUT2D eigenvalue weighted by atomic mass is 9.96. The second-order valence-corrected chi connectivity index (χ2v) is 5.11. The fourth-order valence-corrected chi connectivity index (χ4v) is 2.28. The first kappa shape index (κ1) is 14.8. The van der Waals surface area contributed by atoms with Gasteiger partial charge in [-0.25, -0.2) is 0 Å². The molecule has 1 aromatic heterocycles. The monoisotopic (exact) mass is 281 g/mol. The molecule has 0 aliphatic carbocycles. The van der Waals surface area contributed by atoms with Gasteiger partial charge in [-0.15, -0.1) is 0 Å². The number of rotatable bonds is 5. The molecule has 7 nitrogen and oxygen atoms in total. The van der Waals surface area contributed by atoms with Crippen molar-refractivity contribution >= 4 is 11.9 Å². The summed E-state index contributed by atoms with van der Waals surface area (Å²) in [7, 11) is 1.74. The molecule has 2 unspecified atom stereocenters. The van der Waals surface area contributed by atoms with E-state index < -0.39 is 0 Å². The Kier molecular flexibility index (Phi) is 4.94. The summed E-state index contributed by atoms with van der Waals surface area (Å²) in [4.78, 5) is 14.6. The van der Waals surface area contributed by atoms with Gasteiger partial charge in [0.15, 0.2) is 0 Å². The highest BCUT2D eigenvalue weighted by molar-refractivity contribution is 5.36. The number of aromatic nitrogens is 3. The Hall–Kier alpha value is -1.63. The summed E-state index contributed by atoms with van der Waals surface area (Å²) in [6.45, 7) is 6.44. The molecule has 1 aliphatic heterocycles. The van der Waals surface area contributed by atoms with Crippen molar-refractivity contribution in [2.45, 2.75) is 32.8 Å². The van der Waals surface area contributed by atoms with Crippen LogP contribution in [0.3, 0.4) is 0 Å². The lowest BCUT2D eigenvalue weighted by molar-refractivity contribution is 0.0494. The van der Waals surface area contributed by atoms with Crippen LogP contribution in [0.5, 0.6) is 6.01 Å². The minimum Gasteiger partial charge on any atom is -0.463 e. The van der Waals surface area contributed by atoms with E-state index in [0.717, 1.165) is 25.9 Å². The average molecular weight is 281 g/mol. The molecule has 7 heteroatoms. The zero-order valence-corrected chi connectivity index (χ0v) is 12.4. The van der Waals surface area contributed by atoms with Gasteiger partial charge in [0.2, 0.25) is 11.9 Å². The maximum atomic E-state index is 5.73. The molecule has 1 fully saturated rings. The predicted molar refractivity (Wildman–Crippen MR) is 76.8 cm³/mol. The first-order chi connectivity index (χ1) is 9.63. The highest BCUT2D eigenvalue weighted by Gasteiger charge is 2.28. The molecule has 0 aromatic carbocycles. The van der Waals surface area contributed by atoms with Crippen LogP contribution in [0.2, 0.25) is 0 Å². The van der Waals surface area contributed by atoms with Crippen LogP contribution in [0, 0.1) is 5.92 Å². The van der Waals surface area contributed by atoms with E-state index in [2.05, 4.69) is 26.8 Å². The standard InChI is InChI=1S/C13H23N5O2/c1-4-7-20-13-16-11(14)15-12(17-13)18-6-5-9(2)10(8-18)19-3/h9-10H,4-8H2,1-3H3,(H2,14,15,16,17). The van der Waals surface area contributed by atoms with E-state index in [-0.39, 0.29) is 12.1 Å². The molecule has 0 amide bonds. The summed E-state index contributed by atoms with van der Waals surface area (Å²) < 4.78 is 10.9. The van der Waals surface area contributed by atoms with Crippen LogP contribution in [0.4, 0.5) is 11.9 Å². The Morgan fingerprint density at radius 3 is 2.85 bits per heavy atom. The molecule has 0 saturated carbocycles. The summed E-state index contributed by atoms with van der Waals surface area (Å²) >= 11 is 0. The first-order valence-electron chi connectivity index (χ1n) is 7.06. The summed E-state index contributed by atoms with van der Waals surface area (Å²) in [5.41, 5.74) is 5.73. The molecular weight excluding hydrogens is 258 g/mol. The number of nitrogen functional groups attached to an aromatic ring is 1. The number of hydrogen-bond donors (Lipinski definition) is 1. The molecule has 20 heavy (non-hydrogen) atoms. The molecule has 1 saturated heterocycles. The fourth-order valence-electron chi connectivity index (χ4n) is 2.28. The SMILES string of the molecule is CCCOc1nc(N)nc(N2CCC(C)C(OC)C2)n1. The fraction of sp³-hybridized carbons (Fsp3) is 0.769. The Morgan fingerprint density at radius 1 is 1.35 bits per heavy atom. The molecule has 112 valence electrons. The number of hydrogen-bond acceptors (Lipinski definition) is 7. The van der Waals surface area contributed by atoms with Gasteiger partial charge in [-0.2, -0.15) is 15.0 Å². The van der Waals surface area contributed by atoms with Crippen LogP contribution in [-0.4, -0.2) is 47.9 Å². The van der Waals surface area contributed by atoms with Crippen molar-refractivity contribution < 1.29 is 9.47 Å². The number of nitrogens with two attached hydrogens (primary N) is 1. The topological polar surface area (TPSA) is 86.4 Å². The molecule has 1 aliphatic rings. The van der Waals surface area contributed by atoms with Gasteiger partial charge in [0.1, 0.15) is 0 Å². The van der Waals surface area contributed by atoms with Gasteiger partial charge in [-0.3, -0.25) is 0 Å². The number of piperidine rings is 1. The lowest BCUT2D eigenvalue weighted by Gasteiger charge is -2.36. The lowest BCUT2D eigenvalue weighted by Crippen LogP contribution is -2.44. The number of nitrogens with zero attached hydrogens (tertiary/aromatic N) is 4. The van der Waals surface area contributed by atoms with Gasteiger partial charge in [0.05, 0.1) is 12.7 Å². The quantitative estimate of drug-likeness (QED) is 0.864. The average Bonchev–Trinajstić information content (AvgIpc) is 2.45. The van der Waals surface area contributed by atoms with Crippen LogP contribution >= 0.6 is 0 Å². The van der Waals surface area contributed by atoms with Crippen LogP contribution in [0.25, 0.3) is 0 Å². The number of ether oxygens (including phenoxy) is 2. The smallest absolute Gasteiger partial charge is 0.323 e. The molecule has 2 rings (SSSR count). The molecule has 2 atom stereocenters. The van der Waals surface area contributed by atoms with Crippen molar-refractivity contribution in [1.29, 1.82) is 0 Å². The van der Waals surface area contributed by atoms with E-state index in [1.54, 1.807) is 7.11 Å². The zero-order valence-electron chi connectivity index (χ0n) is 12.4. The third-order valence-electron chi connectivity index (χ3n) is 3.53. The van der Waals surface area contributed by atoms with E-state index in [9.17, 15) is 0 Å². The van der Waals surface area contributed by atoms with Gasteiger partial charge in [-0.1, -0.05) is 13.8 Å². The maximum Gasteiger partial charge on any atom is 0.323 e. The second-order valence-electron chi connectivity index (χ2n) is 5.11. The van der Waals surface area contributed by atoms with Crippen molar-refractivity contribution in [3.05, 3.63) is 0 Å². The summed E-state index contributed by atoms with van der Waals surface area (Å²) in [5, 5.41) is 0. The molecule has 2 N–H and O–H groups in total. The first-order valence-corrected chi connectivity index (χ1v) is 7.06. The maximum absolute atomic E-state index is 5.73. The number of methoxy groups -OCH3 is 1. The van der Waals surface area contributed by atoms with Gasteiger partial charge in [0, 0.05) is 20.2 Å². The van der Waals surface area contributed by atoms with Crippen LogP contribution in [0.15, 0.2) is 0 Å². The van der Waals surface area contributed by atoms with E-state index in [0.29, 0.717) is 24.5 Å². The minimum atomic E-state index is 0.182. The van der Waals surface area contributed by atoms with Gasteiger partial charge in [-0.05, 0) is 18.8 Å². The Morgan fingerprint density at radius 2 is 2.15 bits per heavy atom. The van der Waals surface area contributed by atoms with Crippen molar-refractivity contribution in [2.24, 2.45) is 5.92 Å². The van der Waals surface area contributed by atoms with E-state index in [4.69, 9.17) is 15.2 Å². The highest BCUT2D eigenvalue weighted by Crippen LogP contribution is 2.23. The van der Waals surface area contributed by atoms with Gasteiger partial charge in [0.25, 0.3) is 0 Å². The van der Waals surface area contributed by atoms with E-state index in [1.807, 2.05) is 6.92 Å². The van der Waals surface area contributed by atoms with E-state index >= 15 is 0 Å².